The summed E-state index contributed by atoms with van der Waals surface area (Å²) in [6, 6.07) is 14.8. The summed E-state index contributed by atoms with van der Waals surface area (Å²) in [5.41, 5.74) is 2.66. The van der Waals surface area contributed by atoms with Crippen LogP contribution >= 0.6 is 0 Å². The summed E-state index contributed by atoms with van der Waals surface area (Å²) in [6.45, 7) is 1.80. The van der Waals surface area contributed by atoms with Crippen LogP contribution in [0.15, 0.2) is 54.6 Å². The average molecular weight is 382 g/mol. The topological polar surface area (TPSA) is 95.9 Å². The summed E-state index contributed by atoms with van der Waals surface area (Å²) in [5, 5.41) is 12.0. The van der Waals surface area contributed by atoms with E-state index in [1.54, 1.807) is 0 Å². The number of rotatable bonds is 5. The molecule has 1 aliphatic heterocycles. The molecule has 3 rings (SSSR count). The predicted octanol–water partition coefficient (Wildman–Crippen LogP) is 2.34. The maximum absolute atomic E-state index is 12.8. The van der Waals surface area contributed by atoms with Crippen LogP contribution in [0, 0.1) is 0 Å². The standard InChI is InChI=1S/C21H22N2O5/c1-14(22-21(27)28-13-15-7-3-2-4-8-15)19(24)23-12-17-10-6-5-9-16(17)11-18(23)20(25)26/h2-10,14,18H,11-13H2,1H3,(H,22,27)(H,25,26)/t14-,18+/m0/s1. The molecule has 0 saturated heterocycles. The zero-order chi connectivity index (χ0) is 20.1. The number of amides is 2. The largest absolute Gasteiger partial charge is 0.480 e. The summed E-state index contributed by atoms with van der Waals surface area (Å²) < 4.78 is 5.13. The molecule has 7 nitrogen and oxygen atoms in total. The molecule has 0 bridgehead atoms. The van der Waals surface area contributed by atoms with Gasteiger partial charge >= 0.3 is 12.1 Å². The van der Waals surface area contributed by atoms with Crippen LogP contribution in [0.2, 0.25) is 0 Å². The molecule has 0 saturated carbocycles. The maximum atomic E-state index is 12.8. The molecule has 146 valence electrons. The highest BCUT2D eigenvalue weighted by Crippen LogP contribution is 2.24. The van der Waals surface area contributed by atoms with Crippen molar-refractivity contribution in [2.24, 2.45) is 0 Å². The molecule has 28 heavy (non-hydrogen) atoms. The predicted molar refractivity (Wildman–Crippen MR) is 101 cm³/mol. The van der Waals surface area contributed by atoms with E-state index in [4.69, 9.17) is 4.74 Å². The lowest BCUT2D eigenvalue weighted by atomic mass is 9.93. The number of aliphatic carboxylic acids is 1. The van der Waals surface area contributed by atoms with Gasteiger partial charge in [-0.3, -0.25) is 4.79 Å². The fourth-order valence-electron chi connectivity index (χ4n) is 3.23. The van der Waals surface area contributed by atoms with E-state index in [0.717, 1.165) is 16.7 Å². The minimum atomic E-state index is -1.07. The summed E-state index contributed by atoms with van der Waals surface area (Å²) >= 11 is 0. The quantitative estimate of drug-likeness (QED) is 0.828. The molecular weight excluding hydrogens is 360 g/mol. The van der Waals surface area contributed by atoms with Gasteiger partial charge in [0.05, 0.1) is 0 Å². The highest BCUT2D eigenvalue weighted by molar-refractivity contribution is 5.89. The molecule has 2 atom stereocenters. The number of nitrogens with one attached hydrogen (secondary N) is 1. The van der Waals surface area contributed by atoms with Crippen molar-refractivity contribution in [3.05, 3.63) is 71.3 Å². The lowest BCUT2D eigenvalue weighted by molar-refractivity contribution is -0.152. The molecule has 2 amide bonds. The number of hydrogen-bond donors (Lipinski definition) is 2. The number of benzene rings is 2. The van der Waals surface area contributed by atoms with Crippen LogP contribution in [0.1, 0.15) is 23.6 Å². The maximum Gasteiger partial charge on any atom is 0.408 e. The number of carboxylic acid groups (broad SMARTS) is 1. The highest BCUT2D eigenvalue weighted by atomic mass is 16.5. The number of carbonyl (C=O) groups is 3. The fourth-order valence-corrected chi connectivity index (χ4v) is 3.23. The number of hydrogen-bond acceptors (Lipinski definition) is 4. The average Bonchev–Trinajstić information content (AvgIpc) is 2.71. The molecule has 1 heterocycles. The van der Waals surface area contributed by atoms with E-state index < -0.39 is 30.1 Å². The lowest BCUT2D eigenvalue weighted by Crippen LogP contribution is -2.54. The van der Waals surface area contributed by atoms with Crippen molar-refractivity contribution in [3.8, 4) is 0 Å². The van der Waals surface area contributed by atoms with Crippen LogP contribution in [0.4, 0.5) is 4.79 Å². The van der Waals surface area contributed by atoms with Crippen LogP contribution in [-0.2, 0) is 33.9 Å². The van der Waals surface area contributed by atoms with Crippen LogP contribution in [0.3, 0.4) is 0 Å². The van der Waals surface area contributed by atoms with Crippen LogP contribution in [0.25, 0.3) is 0 Å². The molecule has 2 N–H and O–H groups in total. The molecule has 0 spiro atoms. The Balaban J connectivity index is 1.62. The zero-order valence-electron chi connectivity index (χ0n) is 15.5. The first-order chi connectivity index (χ1) is 13.5. The van der Waals surface area contributed by atoms with E-state index in [1.807, 2.05) is 54.6 Å². The Kier molecular flexibility index (Phi) is 5.93. The van der Waals surface area contributed by atoms with Crippen LogP contribution in [-0.4, -0.2) is 40.1 Å². The second-order valence-electron chi connectivity index (χ2n) is 6.72. The van der Waals surface area contributed by atoms with Crippen LogP contribution < -0.4 is 5.32 Å². The Labute approximate surface area is 162 Å². The molecule has 2 aromatic rings. The highest BCUT2D eigenvalue weighted by Gasteiger charge is 2.36. The Morgan fingerprint density at radius 3 is 2.43 bits per heavy atom. The minimum absolute atomic E-state index is 0.0857. The first-order valence-electron chi connectivity index (χ1n) is 9.03. The number of nitrogens with zero attached hydrogens (tertiary/aromatic N) is 1. The van der Waals surface area contributed by atoms with E-state index >= 15 is 0 Å². The van der Waals surface area contributed by atoms with Gasteiger partial charge in [0.25, 0.3) is 0 Å². The van der Waals surface area contributed by atoms with Gasteiger partial charge in [0.1, 0.15) is 18.7 Å². The third-order valence-electron chi connectivity index (χ3n) is 4.73. The molecule has 0 radical (unpaired) electrons. The van der Waals surface area contributed by atoms with Crippen molar-refractivity contribution in [1.82, 2.24) is 10.2 Å². The second kappa shape index (κ2) is 8.56. The van der Waals surface area contributed by atoms with Crippen molar-refractivity contribution in [3.63, 3.8) is 0 Å². The van der Waals surface area contributed by atoms with Gasteiger partial charge in [0.2, 0.25) is 5.91 Å². The van der Waals surface area contributed by atoms with Crippen molar-refractivity contribution in [2.75, 3.05) is 0 Å². The molecule has 0 fully saturated rings. The molecule has 0 aliphatic carbocycles. The molecule has 0 aromatic heterocycles. The summed E-state index contributed by atoms with van der Waals surface area (Å²) in [6.07, 6.45) is -0.489. The Hall–Kier alpha value is -3.35. The van der Waals surface area contributed by atoms with Crippen LogP contribution in [0.5, 0.6) is 0 Å². The van der Waals surface area contributed by atoms with Crippen molar-refractivity contribution >= 4 is 18.0 Å². The Morgan fingerprint density at radius 2 is 1.75 bits per heavy atom. The fraction of sp³-hybridized carbons (Fsp3) is 0.286. The summed E-state index contributed by atoms with van der Waals surface area (Å²) in [5.74, 6) is -1.53. The second-order valence-corrected chi connectivity index (χ2v) is 6.72. The molecular formula is C21H22N2O5. The van der Waals surface area contributed by atoms with E-state index in [2.05, 4.69) is 5.32 Å². The van der Waals surface area contributed by atoms with E-state index in [9.17, 15) is 19.5 Å². The van der Waals surface area contributed by atoms with Gasteiger partial charge < -0.3 is 20.1 Å². The monoisotopic (exact) mass is 382 g/mol. The third-order valence-corrected chi connectivity index (χ3v) is 4.73. The molecule has 0 unspecified atom stereocenters. The number of carbonyl (C=O) groups excluding carboxylic acids is 2. The number of alkyl carbamates (subject to hydrolysis) is 1. The molecule has 7 heteroatoms. The first kappa shape index (κ1) is 19.4. The third kappa shape index (κ3) is 4.49. The van der Waals surface area contributed by atoms with Gasteiger partial charge in [-0.2, -0.15) is 0 Å². The Bertz CT molecular complexity index is 868. The van der Waals surface area contributed by atoms with Gasteiger partial charge in [-0.1, -0.05) is 54.6 Å². The summed E-state index contributed by atoms with van der Waals surface area (Å²) in [4.78, 5) is 37.8. The Morgan fingerprint density at radius 1 is 1.11 bits per heavy atom. The first-order valence-corrected chi connectivity index (χ1v) is 9.03. The van der Waals surface area contributed by atoms with E-state index in [1.165, 1.54) is 11.8 Å². The number of ether oxygens (including phenoxy) is 1. The zero-order valence-corrected chi connectivity index (χ0v) is 15.5. The summed E-state index contributed by atoms with van der Waals surface area (Å²) in [7, 11) is 0. The normalized spacial score (nSPS) is 16.6. The van der Waals surface area contributed by atoms with Gasteiger partial charge in [0, 0.05) is 13.0 Å². The van der Waals surface area contributed by atoms with Gasteiger partial charge in [0.15, 0.2) is 0 Å². The molecule has 1 aliphatic rings. The molecule has 2 aromatic carbocycles. The number of carboxylic acids is 1. The van der Waals surface area contributed by atoms with Gasteiger partial charge in [-0.05, 0) is 23.6 Å². The van der Waals surface area contributed by atoms with Crippen molar-refractivity contribution in [2.45, 2.75) is 38.6 Å². The van der Waals surface area contributed by atoms with Gasteiger partial charge in [-0.15, -0.1) is 0 Å². The van der Waals surface area contributed by atoms with Gasteiger partial charge in [-0.25, -0.2) is 9.59 Å². The van der Waals surface area contributed by atoms with Crippen molar-refractivity contribution in [1.29, 1.82) is 0 Å². The smallest absolute Gasteiger partial charge is 0.408 e. The lowest BCUT2D eigenvalue weighted by Gasteiger charge is -2.36. The minimum Gasteiger partial charge on any atom is -0.480 e. The SMILES string of the molecule is C[C@H](NC(=O)OCc1ccccc1)C(=O)N1Cc2ccccc2C[C@@H]1C(=O)O. The van der Waals surface area contributed by atoms with E-state index in [0.29, 0.717) is 0 Å². The number of fused-ring (bicyclic) bond motifs is 1. The van der Waals surface area contributed by atoms with E-state index in [-0.39, 0.29) is 19.6 Å². The van der Waals surface area contributed by atoms with Crippen molar-refractivity contribution < 1.29 is 24.2 Å².